The van der Waals surface area contributed by atoms with Crippen molar-refractivity contribution in [3.63, 3.8) is 0 Å². The van der Waals surface area contributed by atoms with Crippen molar-refractivity contribution in [1.82, 2.24) is 14.8 Å². The standard InChI is InChI=1S/C15H17N3O/c1-2-12-15-13(4-3-5-14(15)19)18(17-12)10-11-6-8-16-9-7-11/h6-9H,2-5,10H2,1H3. The minimum Gasteiger partial charge on any atom is -0.294 e. The van der Waals surface area contributed by atoms with E-state index in [-0.39, 0.29) is 5.78 Å². The number of Topliss-reactive ketones (excluding diaryl/α,β-unsaturated/α-hetero) is 1. The third kappa shape index (κ3) is 2.18. The van der Waals surface area contributed by atoms with Crippen LogP contribution in [0.4, 0.5) is 0 Å². The van der Waals surface area contributed by atoms with Gasteiger partial charge < -0.3 is 0 Å². The summed E-state index contributed by atoms with van der Waals surface area (Å²) in [5, 5.41) is 4.63. The molecule has 0 bridgehead atoms. The van der Waals surface area contributed by atoms with Crippen LogP contribution in [-0.4, -0.2) is 20.5 Å². The van der Waals surface area contributed by atoms with Crippen molar-refractivity contribution in [2.45, 2.75) is 39.2 Å². The molecule has 0 unspecified atom stereocenters. The second-order valence-corrected chi connectivity index (χ2v) is 4.91. The molecule has 0 spiro atoms. The number of nitrogens with zero attached hydrogens (tertiary/aromatic N) is 3. The van der Waals surface area contributed by atoms with Crippen LogP contribution >= 0.6 is 0 Å². The molecule has 98 valence electrons. The molecule has 0 saturated carbocycles. The molecule has 0 aromatic carbocycles. The van der Waals surface area contributed by atoms with Crippen molar-refractivity contribution >= 4 is 5.78 Å². The average Bonchev–Trinajstić information content (AvgIpc) is 2.80. The fourth-order valence-corrected chi connectivity index (χ4v) is 2.71. The summed E-state index contributed by atoms with van der Waals surface area (Å²) in [6, 6.07) is 3.98. The Morgan fingerprint density at radius 3 is 2.79 bits per heavy atom. The molecule has 0 amide bonds. The number of hydrogen-bond donors (Lipinski definition) is 0. The quantitative estimate of drug-likeness (QED) is 0.846. The summed E-state index contributed by atoms with van der Waals surface area (Å²) in [5.41, 5.74) is 4.13. The molecule has 19 heavy (non-hydrogen) atoms. The third-order valence-electron chi connectivity index (χ3n) is 3.64. The van der Waals surface area contributed by atoms with Crippen LogP contribution in [0.5, 0.6) is 0 Å². The Labute approximate surface area is 112 Å². The SMILES string of the molecule is CCc1nn(Cc2ccncc2)c2c1C(=O)CCC2. The van der Waals surface area contributed by atoms with Crippen LogP contribution < -0.4 is 0 Å². The Morgan fingerprint density at radius 2 is 2.05 bits per heavy atom. The lowest BCUT2D eigenvalue weighted by Gasteiger charge is -2.13. The molecular weight excluding hydrogens is 238 g/mol. The maximum absolute atomic E-state index is 12.1. The summed E-state index contributed by atoms with van der Waals surface area (Å²) in [6.45, 7) is 2.78. The molecule has 0 aliphatic heterocycles. The van der Waals surface area contributed by atoms with E-state index < -0.39 is 0 Å². The topological polar surface area (TPSA) is 47.8 Å². The van der Waals surface area contributed by atoms with Crippen LogP contribution in [0.1, 0.15) is 47.1 Å². The van der Waals surface area contributed by atoms with E-state index in [0.29, 0.717) is 6.42 Å². The lowest BCUT2D eigenvalue weighted by molar-refractivity contribution is 0.0971. The molecule has 1 aliphatic carbocycles. The van der Waals surface area contributed by atoms with E-state index in [1.54, 1.807) is 12.4 Å². The predicted molar refractivity (Wildman–Crippen MR) is 72.2 cm³/mol. The van der Waals surface area contributed by atoms with Crippen molar-refractivity contribution in [2.75, 3.05) is 0 Å². The van der Waals surface area contributed by atoms with Crippen LogP contribution in [0, 0.1) is 0 Å². The second kappa shape index (κ2) is 4.96. The van der Waals surface area contributed by atoms with Crippen molar-refractivity contribution in [2.24, 2.45) is 0 Å². The van der Waals surface area contributed by atoms with E-state index in [1.807, 2.05) is 16.8 Å². The van der Waals surface area contributed by atoms with Gasteiger partial charge in [-0.2, -0.15) is 5.10 Å². The van der Waals surface area contributed by atoms with Gasteiger partial charge in [-0.3, -0.25) is 14.5 Å². The number of aromatic nitrogens is 3. The summed E-state index contributed by atoms with van der Waals surface area (Å²) >= 11 is 0. The lowest BCUT2D eigenvalue weighted by Crippen LogP contribution is -2.14. The van der Waals surface area contributed by atoms with E-state index in [1.165, 1.54) is 5.56 Å². The van der Waals surface area contributed by atoms with Gasteiger partial charge in [-0.15, -0.1) is 0 Å². The fraction of sp³-hybridized carbons (Fsp3) is 0.400. The highest BCUT2D eigenvalue weighted by Gasteiger charge is 2.25. The third-order valence-corrected chi connectivity index (χ3v) is 3.64. The number of ketones is 1. The summed E-state index contributed by atoms with van der Waals surface area (Å²) in [5.74, 6) is 0.263. The molecular formula is C15H17N3O. The number of carbonyl (C=O) groups excluding carboxylic acids is 1. The van der Waals surface area contributed by atoms with Crippen molar-refractivity contribution in [3.05, 3.63) is 47.0 Å². The highest BCUT2D eigenvalue weighted by Crippen LogP contribution is 2.25. The minimum absolute atomic E-state index is 0.263. The maximum atomic E-state index is 12.1. The molecule has 2 aromatic heterocycles. The number of pyridine rings is 1. The van der Waals surface area contributed by atoms with Gasteiger partial charge in [0.2, 0.25) is 0 Å². The Hall–Kier alpha value is -1.97. The van der Waals surface area contributed by atoms with Gasteiger partial charge >= 0.3 is 0 Å². The van der Waals surface area contributed by atoms with Crippen LogP contribution in [0.2, 0.25) is 0 Å². The largest absolute Gasteiger partial charge is 0.294 e. The van der Waals surface area contributed by atoms with Crippen LogP contribution in [0.3, 0.4) is 0 Å². The fourth-order valence-electron chi connectivity index (χ4n) is 2.71. The monoisotopic (exact) mass is 255 g/mol. The Morgan fingerprint density at radius 1 is 1.26 bits per heavy atom. The first-order valence-corrected chi connectivity index (χ1v) is 6.80. The molecule has 4 heteroatoms. The molecule has 0 atom stereocenters. The molecule has 1 aliphatic rings. The predicted octanol–water partition coefficient (Wildman–Crippen LogP) is 2.41. The second-order valence-electron chi connectivity index (χ2n) is 4.91. The van der Waals surface area contributed by atoms with Gasteiger partial charge in [0.25, 0.3) is 0 Å². The number of rotatable bonds is 3. The van der Waals surface area contributed by atoms with Gasteiger partial charge in [-0.25, -0.2) is 0 Å². The zero-order valence-corrected chi connectivity index (χ0v) is 11.1. The molecule has 0 N–H and O–H groups in total. The Balaban J connectivity index is 2.00. The maximum Gasteiger partial charge on any atom is 0.166 e. The van der Waals surface area contributed by atoms with Crippen LogP contribution in [-0.2, 0) is 19.4 Å². The number of aryl methyl sites for hydroxylation is 1. The highest BCUT2D eigenvalue weighted by molar-refractivity contribution is 5.99. The van der Waals surface area contributed by atoms with E-state index in [2.05, 4.69) is 17.0 Å². The molecule has 0 radical (unpaired) electrons. The normalized spacial score (nSPS) is 14.5. The van der Waals surface area contributed by atoms with E-state index in [9.17, 15) is 4.79 Å². The van der Waals surface area contributed by atoms with Gasteiger partial charge in [-0.1, -0.05) is 6.92 Å². The first kappa shape index (κ1) is 12.1. The molecule has 0 saturated heterocycles. The molecule has 0 fully saturated rings. The summed E-state index contributed by atoms with van der Waals surface area (Å²) < 4.78 is 2.00. The van der Waals surface area contributed by atoms with Gasteiger partial charge in [0.05, 0.1) is 17.8 Å². The molecule has 2 aromatic rings. The van der Waals surface area contributed by atoms with Gasteiger partial charge in [0.15, 0.2) is 5.78 Å². The Kier molecular flexibility index (Phi) is 3.15. The highest BCUT2D eigenvalue weighted by atomic mass is 16.1. The number of hydrogen-bond acceptors (Lipinski definition) is 3. The van der Waals surface area contributed by atoms with E-state index in [4.69, 9.17) is 0 Å². The van der Waals surface area contributed by atoms with Gasteiger partial charge in [0.1, 0.15) is 0 Å². The molecule has 2 heterocycles. The average molecular weight is 255 g/mol. The zero-order valence-electron chi connectivity index (χ0n) is 11.1. The first-order chi connectivity index (χ1) is 9.29. The van der Waals surface area contributed by atoms with Crippen molar-refractivity contribution < 1.29 is 4.79 Å². The van der Waals surface area contributed by atoms with Gasteiger partial charge in [-0.05, 0) is 37.0 Å². The molecule has 4 nitrogen and oxygen atoms in total. The number of fused-ring (bicyclic) bond motifs is 1. The zero-order chi connectivity index (χ0) is 13.2. The first-order valence-electron chi connectivity index (χ1n) is 6.80. The van der Waals surface area contributed by atoms with E-state index >= 15 is 0 Å². The summed E-state index contributed by atoms with van der Waals surface area (Å²) in [6.07, 6.45) is 6.96. The van der Waals surface area contributed by atoms with Crippen molar-refractivity contribution in [1.29, 1.82) is 0 Å². The van der Waals surface area contributed by atoms with Crippen molar-refractivity contribution in [3.8, 4) is 0 Å². The smallest absolute Gasteiger partial charge is 0.166 e. The summed E-state index contributed by atoms with van der Waals surface area (Å²) in [4.78, 5) is 16.1. The van der Waals surface area contributed by atoms with Crippen LogP contribution in [0.15, 0.2) is 24.5 Å². The summed E-state index contributed by atoms with van der Waals surface area (Å²) in [7, 11) is 0. The van der Waals surface area contributed by atoms with E-state index in [0.717, 1.165) is 42.8 Å². The van der Waals surface area contributed by atoms with Crippen LogP contribution in [0.25, 0.3) is 0 Å². The number of carbonyl (C=O) groups is 1. The lowest BCUT2D eigenvalue weighted by atomic mass is 9.94. The van der Waals surface area contributed by atoms with Gasteiger partial charge in [0, 0.05) is 24.5 Å². The molecule has 3 rings (SSSR count). The minimum atomic E-state index is 0.263. The Bertz CT molecular complexity index is 601.